The van der Waals surface area contributed by atoms with Gasteiger partial charge in [0.25, 0.3) is 0 Å². The van der Waals surface area contributed by atoms with Gasteiger partial charge >= 0.3 is 0 Å². The molecule has 2 saturated carbocycles. The summed E-state index contributed by atoms with van der Waals surface area (Å²) in [5, 5.41) is 0. The predicted molar refractivity (Wildman–Crippen MR) is 56.9 cm³/mol. The van der Waals surface area contributed by atoms with Crippen molar-refractivity contribution in [2.45, 2.75) is 32.1 Å². The number of hydrogen-bond donors (Lipinski definition) is 0. The molecule has 13 heavy (non-hydrogen) atoms. The number of thioether (sulfide) groups is 1. The van der Waals surface area contributed by atoms with E-state index >= 15 is 0 Å². The van der Waals surface area contributed by atoms with E-state index in [1.54, 1.807) is 11.8 Å². The molecule has 74 valence electrons. The Labute approximate surface area is 84.7 Å². The van der Waals surface area contributed by atoms with Gasteiger partial charge < -0.3 is 0 Å². The van der Waals surface area contributed by atoms with Crippen LogP contribution >= 0.6 is 11.8 Å². The standard InChI is InChI=1S/C11H18OS/c1-13-7-11(12)6-10-5-8-2-3-9(10)4-8/h8-10H,2-7H2,1H3. The average molecular weight is 198 g/mol. The summed E-state index contributed by atoms with van der Waals surface area (Å²) < 4.78 is 0. The molecule has 0 aromatic heterocycles. The van der Waals surface area contributed by atoms with Gasteiger partial charge in [-0.1, -0.05) is 6.42 Å². The highest BCUT2D eigenvalue weighted by molar-refractivity contribution is 7.99. The van der Waals surface area contributed by atoms with Crippen molar-refractivity contribution < 1.29 is 4.79 Å². The van der Waals surface area contributed by atoms with Gasteiger partial charge in [0.2, 0.25) is 0 Å². The first kappa shape index (κ1) is 9.57. The molecule has 2 fully saturated rings. The van der Waals surface area contributed by atoms with Crippen molar-refractivity contribution in [1.82, 2.24) is 0 Å². The van der Waals surface area contributed by atoms with E-state index < -0.39 is 0 Å². The van der Waals surface area contributed by atoms with Crippen LogP contribution in [-0.4, -0.2) is 17.8 Å². The van der Waals surface area contributed by atoms with Gasteiger partial charge in [-0.15, -0.1) is 0 Å². The molecule has 2 bridgehead atoms. The normalized spacial score (nSPS) is 36.8. The smallest absolute Gasteiger partial charge is 0.143 e. The minimum atomic E-state index is 0.477. The SMILES string of the molecule is CSCC(=O)CC1CC2CCC1C2. The minimum absolute atomic E-state index is 0.477. The quantitative estimate of drug-likeness (QED) is 0.691. The third-order valence-electron chi connectivity index (χ3n) is 3.68. The number of hydrogen-bond acceptors (Lipinski definition) is 2. The highest BCUT2D eigenvalue weighted by atomic mass is 32.2. The van der Waals surface area contributed by atoms with E-state index in [0.29, 0.717) is 5.78 Å². The van der Waals surface area contributed by atoms with Gasteiger partial charge in [-0.2, -0.15) is 11.8 Å². The van der Waals surface area contributed by atoms with Crippen molar-refractivity contribution in [3.05, 3.63) is 0 Å². The number of fused-ring (bicyclic) bond motifs is 2. The molecule has 0 radical (unpaired) electrons. The lowest BCUT2D eigenvalue weighted by molar-refractivity contribution is -0.117. The summed E-state index contributed by atoms with van der Waals surface area (Å²) in [5.41, 5.74) is 0. The van der Waals surface area contributed by atoms with Crippen molar-refractivity contribution in [3.63, 3.8) is 0 Å². The van der Waals surface area contributed by atoms with E-state index in [4.69, 9.17) is 0 Å². The molecule has 1 nitrogen and oxygen atoms in total. The van der Waals surface area contributed by atoms with E-state index in [2.05, 4.69) is 0 Å². The van der Waals surface area contributed by atoms with Gasteiger partial charge in [-0.25, -0.2) is 0 Å². The van der Waals surface area contributed by atoms with Gasteiger partial charge in [-0.05, 0) is 43.3 Å². The molecule has 3 atom stereocenters. The van der Waals surface area contributed by atoms with Crippen LogP contribution in [0.3, 0.4) is 0 Å². The second kappa shape index (κ2) is 4.04. The van der Waals surface area contributed by atoms with Gasteiger partial charge in [0, 0.05) is 6.42 Å². The van der Waals surface area contributed by atoms with Crippen molar-refractivity contribution >= 4 is 17.5 Å². The van der Waals surface area contributed by atoms with Gasteiger partial charge in [0.05, 0.1) is 5.75 Å². The largest absolute Gasteiger partial charge is 0.299 e. The lowest BCUT2D eigenvalue weighted by Crippen LogP contribution is -2.16. The maximum atomic E-state index is 11.5. The average Bonchev–Trinajstić information content (AvgIpc) is 2.65. The fraction of sp³-hybridized carbons (Fsp3) is 0.909. The first-order chi connectivity index (χ1) is 6.29. The van der Waals surface area contributed by atoms with Crippen LogP contribution in [0.15, 0.2) is 0 Å². The molecule has 0 spiro atoms. The zero-order valence-corrected chi connectivity index (χ0v) is 9.11. The third-order valence-corrected chi connectivity index (χ3v) is 4.29. The van der Waals surface area contributed by atoms with Crippen LogP contribution in [-0.2, 0) is 4.79 Å². The zero-order valence-electron chi connectivity index (χ0n) is 8.29. The number of Topliss-reactive ketones (excluding diaryl/α,β-unsaturated/α-hetero) is 1. The Kier molecular flexibility index (Phi) is 2.97. The Morgan fingerprint density at radius 2 is 2.23 bits per heavy atom. The summed E-state index contributed by atoms with van der Waals surface area (Å²) in [6, 6.07) is 0. The summed E-state index contributed by atoms with van der Waals surface area (Å²) >= 11 is 1.66. The Hall–Kier alpha value is 0.0200. The van der Waals surface area contributed by atoms with Crippen molar-refractivity contribution in [1.29, 1.82) is 0 Å². The Morgan fingerprint density at radius 1 is 1.38 bits per heavy atom. The molecule has 0 aromatic rings. The van der Waals surface area contributed by atoms with E-state index in [-0.39, 0.29) is 0 Å². The monoisotopic (exact) mass is 198 g/mol. The predicted octanol–water partition coefficient (Wildman–Crippen LogP) is 2.74. The summed E-state index contributed by atoms with van der Waals surface area (Å²) in [6.45, 7) is 0. The van der Waals surface area contributed by atoms with Crippen LogP contribution in [0.2, 0.25) is 0 Å². The molecule has 0 saturated heterocycles. The molecule has 0 aliphatic heterocycles. The van der Waals surface area contributed by atoms with Crippen molar-refractivity contribution in [2.75, 3.05) is 12.0 Å². The van der Waals surface area contributed by atoms with Gasteiger partial charge in [0.15, 0.2) is 0 Å². The van der Waals surface area contributed by atoms with Crippen LogP contribution in [0.5, 0.6) is 0 Å². The first-order valence-corrected chi connectivity index (χ1v) is 6.69. The van der Waals surface area contributed by atoms with Gasteiger partial charge in [0.1, 0.15) is 5.78 Å². The molecule has 2 heteroatoms. The lowest BCUT2D eigenvalue weighted by atomic mass is 9.85. The first-order valence-electron chi connectivity index (χ1n) is 5.30. The molecule has 0 aromatic carbocycles. The maximum absolute atomic E-state index is 11.5. The summed E-state index contributed by atoms with van der Waals surface area (Å²) in [7, 11) is 0. The van der Waals surface area contributed by atoms with E-state index in [1.165, 1.54) is 25.7 Å². The number of carbonyl (C=O) groups is 1. The van der Waals surface area contributed by atoms with Crippen LogP contribution in [0.25, 0.3) is 0 Å². The molecule has 2 rings (SSSR count). The number of ketones is 1. The van der Waals surface area contributed by atoms with Crippen LogP contribution in [0.1, 0.15) is 32.1 Å². The Bertz CT molecular complexity index is 202. The fourth-order valence-corrected chi connectivity index (χ4v) is 3.58. The Morgan fingerprint density at radius 3 is 2.77 bits per heavy atom. The summed E-state index contributed by atoms with van der Waals surface area (Å²) in [4.78, 5) is 11.5. The molecular formula is C11H18OS. The molecule has 2 aliphatic rings. The highest BCUT2D eigenvalue weighted by Crippen LogP contribution is 2.49. The minimum Gasteiger partial charge on any atom is -0.299 e. The summed E-state index contributed by atoms with van der Waals surface area (Å²) in [6.07, 6.45) is 8.52. The Balaban J connectivity index is 1.79. The van der Waals surface area contributed by atoms with E-state index in [0.717, 1.165) is 29.9 Å². The topological polar surface area (TPSA) is 17.1 Å². The van der Waals surface area contributed by atoms with Crippen LogP contribution in [0, 0.1) is 17.8 Å². The van der Waals surface area contributed by atoms with Crippen molar-refractivity contribution in [3.8, 4) is 0 Å². The molecule has 2 aliphatic carbocycles. The lowest BCUT2D eigenvalue weighted by Gasteiger charge is -2.20. The fourth-order valence-electron chi connectivity index (χ4n) is 3.14. The van der Waals surface area contributed by atoms with Gasteiger partial charge in [-0.3, -0.25) is 4.79 Å². The third kappa shape index (κ3) is 2.09. The molecule has 0 N–H and O–H groups in total. The molecular weight excluding hydrogens is 180 g/mol. The molecule has 3 unspecified atom stereocenters. The van der Waals surface area contributed by atoms with Crippen LogP contribution in [0.4, 0.5) is 0 Å². The summed E-state index contributed by atoms with van der Waals surface area (Å²) in [5.74, 6) is 3.87. The van der Waals surface area contributed by atoms with Crippen LogP contribution < -0.4 is 0 Å². The maximum Gasteiger partial charge on any atom is 0.143 e. The number of rotatable bonds is 4. The van der Waals surface area contributed by atoms with Crippen molar-refractivity contribution in [2.24, 2.45) is 17.8 Å². The molecule has 0 heterocycles. The van der Waals surface area contributed by atoms with E-state index in [1.807, 2.05) is 6.26 Å². The second-order valence-corrected chi connectivity index (χ2v) is 5.48. The molecule has 0 amide bonds. The highest BCUT2D eigenvalue weighted by Gasteiger charge is 2.39. The number of carbonyl (C=O) groups excluding carboxylic acids is 1. The zero-order chi connectivity index (χ0) is 9.26. The second-order valence-electron chi connectivity index (χ2n) is 4.61. The van der Waals surface area contributed by atoms with E-state index in [9.17, 15) is 4.79 Å².